The molecule has 1 aliphatic carbocycles. The van der Waals surface area contributed by atoms with Crippen molar-refractivity contribution < 1.29 is 9.59 Å². The Morgan fingerprint density at radius 3 is 2.65 bits per heavy atom. The van der Waals surface area contributed by atoms with Crippen molar-refractivity contribution in [3.05, 3.63) is 52.9 Å². The molecule has 10 heteroatoms. The van der Waals surface area contributed by atoms with Crippen molar-refractivity contribution in [2.45, 2.75) is 32.6 Å². The van der Waals surface area contributed by atoms with Gasteiger partial charge in [0.25, 0.3) is 11.7 Å². The van der Waals surface area contributed by atoms with Crippen LogP contribution < -0.4 is 10.6 Å². The zero-order valence-electron chi connectivity index (χ0n) is 16.8. The van der Waals surface area contributed by atoms with E-state index in [-0.39, 0.29) is 17.5 Å². The molecule has 1 aliphatic rings. The van der Waals surface area contributed by atoms with Gasteiger partial charge in [-0.2, -0.15) is 5.10 Å². The molecule has 1 aromatic carbocycles. The van der Waals surface area contributed by atoms with E-state index in [1.807, 2.05) is 34.9 Å². The van der Waals surface area contributed by atoms with Crippen LogP contribution in [0.15, 0.2) is 35.8 Å². The molecule has 0 bridgehead atoms. The Morgan fingerprint density at radius 1 is 1.03 bits per heavy atom. The van der Waals surface area contributed by atoms with E-state index < -0.39 is 0 Å². The van der Waals surface area contributed by atoms with Gasteiger partial charge in [-0.3, -0.25) is 14.0 Å². The van der Waals surface area contributed by atoms with E-state index in [0.29, 0.717) is 16.6 Å². The van der Waals surface area contributed by atoms with Crippen molar-refractivity contribution >= 4 is 39.7 Å². The Balaban J connectivity index is 1.33. The van der Waals surface area contributed by atoms with Crippen LogP contribution in [0.4, 0.5) is 10.8 Å². The highest BCUT2D eigenvalue weighted by Crippen LogP contribution is 2.25. The molecule has 0 atom stereocenters. The topological polar surface area (TPSA) is 114 Å². The van der Waals surface area contributed by atoms with Crippen molar-refractivity contribution in [1.29, 1.82) is 0 Å². The van der Waals surface area contributed by atoms with Gasteiger partial charge in [0.2, 0.25) is 5.91 Å². The fourth-order valence-electron chi connectivity index (χ4n) is 3.63. The molecule has 31 heavy (non-hydrogen) atoms. The summed E-state index contributed by atoms with van der Waals surface area (Å²) < 4.78 is 2.04. The van der Waals surface area contributed by atoms with E-state index in [2.05, 4.69) is 30.8 Å². The van der Waals surface area contributed by atoms with Crippen LogP contribution in [0.1, 0.15) is 41.6 Å². The molecule has 2 amide bonds. The van der Waals surface area contributed by atoms with Gasteiger partial charge in [-0.1, -0.05) is 12.1 Å². The van der Waals surface area contributed by atoms with E-state index in [4.69, 9.17) is 0 Å². The van der Waals surface area contributed by atoms with Gasteiger partial charge in [0.05, 0.1) is 11.4 Å². The summed E-state index contributed by atoms with van der Waals surface area (Å²) in [6, 6.07) is 7.45. The Kier molecular flexibility index (Phi) is 4.91. The Labute approximate surface area is 181 Å². The van der Waals surface area contributed by atoms with Crippen LogP contribution >= 0.6 is 11.3 Å². The average molecular weight is 433 g/mol. The van der Waals surface area contributed by atoms with Gasteiger partial charge in [-0.15, -0.1) is 16.4 Å². The molecule has 3 aromatic heterocycles. The SMILES string of the molecule is CC(=O)Nc1nc(C(=O)Nc2ccc(-c3cn4c5c(nnc4n3)CCCC5)cc2)cs1. The Hall–Kier alpha value is -3.66. The molecule has 3 heterocycles. The third-order valence-electron chi connectivity index (χ3n) is 5.11. The van der Waals surface area contributed by atoms with Gasteiger partial charge in [-0.05, 0) is 37.8 Å². The van der Waals surface area contributed by atoms with Crippen LogP contribution in [0, 0.1) is 0 Å². The lowest BCUT2D eigenvalue weighted by molar-refractivity contribution is -0.114. The molecular weight excluding hydrogens is 414 g/mol. The molecule has 9 nitrogen and oxygen atoms in total. The summed E-state index contributed by atoms with van der Waals surface area (Å²) in [7, 11) is 0. The lowest BCUT2D eigenvalue weighted by Gasteiger charge is -2.14. The van der Waals surface area contributed by atoms with Gasteiger partial charge in [0, 0.05) is 35.4 Å². The molecule has 0 aliphatic heterocycles. The second-order valence-electron chi connectivity index (χ2n) is 7.35. The monoisotopic (exact) mass is 433 g/mol. The summed E-state index contributed by atoms with van der Waals surface area (Å²) in [5, 5.41) is 16.0. The van der Waals surface area contributed by atoms with Crippen LogP contribution in [0.3, 0.4) is 0 Å². The molecule has 0 radical (unpaired) electrons. The number of imidazole rings is 1. The lowest BCUT2D eigenvalue weighted by Crippen LogP contribution is -2.13. The predicted molar refractivity (Wildman–Crippen MR) is 117 cm³/mol. The summed E-state index contributed by atoms with van der Waals surface area (Å²) in [6.07, 6.45) is 6.26. The number of aryl methyl sites for hydroxylation is 2. The second kappa shape index (κ2) is 7.88. The Morgan fingerprint density at radius 2 is 1.84 bits per heavy atom. The van der Waals surface area contributed by atoms with Crippen LogP contribution in [0.25, 0.3) is 17.0 Å². The summed E-state index contributed by atoms with van der Waals surface area (Å²) in [5.74, 6) is 0.0390. The minimum atomic E-state index is -0.338. The molecule has 4 aromatic rings. The highest BCUT2D eigenvalue weighted by Gasteiger charge is 2.17. The quantitative estimate of drug-likeness (QED) is 0.510. The van der Waals surface area contributed by atoms with Crippen LogP contribution in [0.5, 0.6) is 0 Å². The molecular formula is C21H19N7O2S. The molecule has 0 saturated heterocycles. The van der Waals surface area contributed by atoms with Crippen LogP contribution in [-0.2, 0) is 17.6 Å². The van der Waals surface area contributed by atoms with Crippen molar-refractivity contribution in [3.63, 3.8) is 0 Å². The average Bonchev–Trinajstić information content (AvgIpc) is 3.41. The second-order valence-corrected chi connectivity index (χ2v) is 8.21. The minimum Gasteiger partial charge on any atom is -0.321 e. The van der Waals surface area contributed by atoms with Gasteiger partial charge < -0.3 is 10.6 Å². The number of thiazole rings is 1. The van der Waals surface area contributed by atoms with Crippen molar-refractivity contribution in [3.8, 4) is 11.3 Å². The van der Waals surface area contributed by atoms with Crippen molar-refractivity contribution in [2.75, 3.05) is 10.6 Å². The number of carbonyl (C=O) groups is 2. The molecule has 0 unspecified atom stereocenters. The number of aromatic nitrogens is 5. The molecule has 0 saturated carbocycles. The van der Waals surface area contributed by atoms with Crippen molar-refractivity contribution in [1.82, 2.24) is 24.6 Å². The first-order valence-electron chi connectivity index (χ1n) is 9.95. The van der Waals surface area contributed by atoms with E-state index in [9.17, 15) is 9.59 Å². The number of hydrogen-bond donors (Lipinski definition) is 2. The van der Waals surface area contributed by atoms with E-state index in [0.717, 1.165) is 42.6 Å². The van der Waals surface area contributed by atoms with Crippen molar-refractivity contribution in [2.24, 2.45) is 0 Å². The molecule has 2 N–H and O–H groups in total. The van der Waals surface area contributed by atoms with E-state index >= 15 is 0 Å². The number of benzene rings is 1. The number of rotatable bonds is 4. The van der Waals surface area contributed by atoms with Gasteiger partial charge in [0.1, 0.15) is 5.69 Å². The maximum absolute atomic E-state index is 12.4. The van der Waals surface area contributed by atoms with Crippen LogP contribution in [0.2, 0.25) is 0 Å². The number of anilines is 2. The third-order valence-corrected chi connectivity index (χ3v) is 5.86. The summed E-state index contributed by atoms with van der Waals surface area (Å²) >= 11 is 1.20. The first kappa shape index (κ1) is 19.3. The minimum absolute atomic E-state index is 0.227. The van der Waals surface area contributed by atoms with Gasteiger partial charge >= 0.3 is 0 Å². The summed E-state index contributed by atoms with van der Waals surface area (Å²) in [6.45, 7) is 1.40. The number of carbonyl (C=O) groups excluding carboxylic acids is 2. The fourth-order valence-corrected chi connectivity index (χ4v) is 4.37. The summed E-state index contributed by atoms with van der Waals surface area (Å²) in [4.78, 5) is 32.2. The van der Waals surface area contributed by atoms with Gasteiger partial charge in [-0.25, -0.2) is 9.97 Å². The third kappa shape index (κ3) is 3.89. The number of fused-ring (bicyclic) bond motifs is 3. The maximum Gasteiger partial charge on any atom is 0.275 e. The predicted octanol–water partition coefficient (Wildman–Crippen LogP) is 3.34. The lowest BCUT2D eigenvalue weighted by atomic mass is 10.0. The highest BCUT2D eigenvalue weighted by atomic mass is 32.1. The number of nitrogens with one attached hydrogen (secondary N) is 2. The zero-order valence-corrected chi connectivity index (χ0v) is 17.6. The molecule has 0 spiro atoms. The van der Waals surface area contributed by atoms with E-state index in [1.165, 1.54) is 24.0 Å². The number of hydrogen-bond acceptors (Lipinski definition) is 7. The normalized spacial score (nSPS) is 13.1. The van der Waals surface area contributed by atoms with E-state index in [1.54, 1.807) is 5.38 Å². The number of nitrogens with zero attached hydrogens (tertiary/aromatic N) is 5. The van der Waals surface area contributed by atoms with Crippen LogP contribution in [-0.4, -0.2) is 36.4 Å². The smallest absolute Gasteiger partial charge is 0.275 e. The maximum atomic E-state index is 12.4. The van der Waals surface area contributed by atoms with Gasteiger partial charge in [0.15, 0.2) is 5.13 Å². The largest absolute Gasteiger partial charge is 0.321 e. The standard InChI is InChI=1S/C21H19N7O2S/c1-12(29)22-21-25-17(11-31-21)19(30)23-14-8-6-13(7-9-14)16-10-28-18-5-3-2-4-15(18)26-27-20(28)24-16/h6-11H,2-5H2,1H3,(H,23,30)(H,22,25,29). The first-order chi connectivity index (χ1) is 15.1. The molecule has 156 valence electrons. The highest BCUT2D eigenvalue weighted by molar-refractivity contribution is 7.14. The molecule has 5 rings (SSSR count). The zero-order chi connectivity index (χ0) is 21.4. The number of amides is 2. The summed E-state index contributed by atoms with van der Waals surface area (Å²) in [5.41, 5.74) is 4.88. The Bertz CT molecular complexity index is 1290. The molecule has 0 fully saturated rings. The fraction of sp³-hybridized carbons (Fsp3) is 0.238. The first-order valence-corrected chi connectivity index (χ1v) is 10.8.